The Labute approximate surface area is 200 Å². The summed E-state index contributed by atoms with van der Waals surface area (Å²) in [4.78, 5) is 39.1. The minimum absolute atomic E-state index is 0.00413. The van der Waals surface area contributed by atoms with Crippen LogP contribution in [0.25, 0.3) is 0 Å². The Morgan fingerprint density at radius 1 is 1.30 bits per heavy atom. The predicted molar refractivity (Wildman–Crippen MR) is 123 cm³/mol. The highest BCUT2D eigenvalue weighted by Crippen LogP contribution is 2.58. The molecule has 0 bridgehead atoms. The van der Waals surface area contributed by atoms with Crippen LogP contribution in [-0.2, 0) is 15.1 Å². The van der Waals surface area contributed by atoms with Crippen LogP contribution >= 0.6 is 23.2 Å². The Morgan fingerprint density at radius 2 is 2.03 bits per heavy atom. The third-order valence-electron chi connectivity index (χ3n) is 6.49. The summed E-state index contributed by atoms with van der Waals surface area (Å²) in [6.07, 6.45) is 0.420. The van der Waals surface area contributed by atoms with Crippen LogP contribution in [0.15, 0.2) is 36.4 Å². The summed E-state index contributed by atoms with van der Waals surface area (Å²) in [5, 5.41) is 15.4. The van der Waals surface area contributed by atoms with Crippen LogP contribution in [-0.4, -0.2) is 40.6 Å². The van der Waals surface area contributed by atoms with Crippen molar-refractivity contribution in [2.45, 2.75) is 43.8 Å². The molecule has 1 fully saturated rings. The minimum atomic E-state index is -1.62. The highest BCUT2D eigenvalue weighted by Gasteiger charge is 2.71. The number of aldehydes is 1. The molecule has 4 atom stereocenters. The molecular weight excluding hydrogens is 472 g/mol. The van der Waals surface area contributed by atoms with Gasteiger partial charge in [0.2, 0.25) is 6.04 Å². The second-order valence-electron chi connectivity index (χ2n) is 8.82. The molecule has 1 spiro atoms. The molecule has 10 heteroatoms. The van der Waals surface area contributed by atoms with Gasteiger partial charge in [-0.1, -0.05) is 55.2 Å². The molecule has 2 heterocycles. The monoisotopic (exact) mass is 493 g/mol. The number of fused-ring (bicyclic) bond motifs is 2. The number of hydrogen-bond acceptors (Lipinski definition) is 5. The lowest BCUT2D eigenvalue weighted by molar-refractivity contribution is -0.528. The lowest BCUT2D eigenvalue weighted by Crippen LogP contribution is -2.53. The Hall–Kier alpha value is -2.55. The molecule has 0 unspecified atom stereocenters. The maximum absolute atomic E-state index is 15.4. The number of amides is 1. The molecule has 1 amide bonds. The Balaban J connectivity index is 2.10. The average Bonchev–Trinajstić information content (AvgIpc) is 3.17. The second kappa shape index (κ2) is 8.66. The van der Waals surface area contributed by atoms with E-state index in [1.165, 1.54) is 18.2 Å². The van der Waals surface area contributed by atoms with Gasteiger partial charge in [0.25, 0.3) is 5.91 Å². The van der Waals surface area contributed by atoms with Crippen LogP contribution in [0.4, 0.5) is 10.1 Å². The summed E-state index contributed by atoms with van der Waals surface area (Å²) >= 11 is 12.2. The molecule has 0 aliphatic carbocycles. The predicted octanol–water partition coefficient (Wildman–Crippen LogP) is 4.64. The summed E-state index contributed by atoms with van der Waals surface area (Å²) in [7, 11) is 0. The number of likely N-dealkylation sites (tertiary alicyclic amines) is 1. The first kappa shape index (κ1) is 23.6. The molecule has 2 aromatic rings. The first-order chi connectivity index (χ1) is 15.6. The summed E-state index contributed by atoms with van der Waals surface area (Å²) in [6.45, 7) is 4.10. The van der Waals surface area contributed by atoms with Crippen LogP contribution < -0.4 is 5.32 Å². The minimum Gasteiger partial charge on any atom is -0.324 e. The van der Waals surface area contributed by atoms with Gasteiger partial charge in [-0.3, -0.25) is 19.8 Å². The lowest BCUT2D eigenvalue weighted by atomic mass is 9.73. The fourth-order valence-electron chi connectivity index (χ4n) is 5.45. The highest BCUT2D eigenvalue weighted by molar-refractivity contribution is 6.31. The van der Waals surface area contributed by atoms with Gasteiger partial charge in [0.1, 0.15) is 17.6 Å². The first-order valence-electron chi connectivity index (χ1n) is 10.5. The van der Waals surface area contributed by atoms with Gasteiger partial charge in [0.15, 0.2) is 0 Å². The van der Waals surface area contributed by atoms with E-state index in [4.69, 9.17) is 23.2 Å². The number of nitrogens with one attached hydrogen (secondary N) is 1. The number of nitro groups is 1. The van der Waals surface area contributed by atoms with Crippen molar-refractivity contribution in [2.24, 2.45) is 5.92 Å². The molecular formula is C23H22Cl2FN3O4. The number of rotatable bonds is 6. The molecule has 4 rings (SSSR count). The highest BCUT2D eigenvalue weighted by atomic mass is 35.5. The second-order valence-corrected chi connectivity index (χ2v) is 9.67. The van der Waals surface area contributed by atoms with Crippen LogP contribution in [0.1, 0.15) is 37.3 Å². The fraction of sp³-hybridized carbons (Fsp3) is 0.391. The van der Waals surface area contributed by atoms with E-state index in [-0.39, 0.29) is 29.5 Å². The number of hydrogen-bond donors (Lipinski definition) is 1. The van der Waals surface area contributed by atoms with Crippen molar-refractivity contribution < 1.29 is 18.9 Å². The number of carbonyl (C=O) groups excluding carboxylic acids is 2. The molecule has 1 saturated heterocycles. The zero-order valence-corrected chi connectivity index (χ0v) is 19.4. The van der Waals surface area contributed by atoms with Crippen molar-refractivity contribution in [2.75, 3.05) is 11.9 Å². The number of nitrogens with zero attached hydrogens (tertiary/aromatic N) is 2. The van der Waals surface area contributed by atoms with Crippen molar-refractivity contribution >= 4 is 41.1 Å². The van der Waals surface area contributed by atoms with E-state index in [9.17, 15) is 19.7 Å². The van der Waals surface area contributed by atoms with Crippen molar-refractivity contribution in [3.63, 3.8) is 0 Å². The maximum atomic E-state index is 15.4. The molecule has 174 valence electrons. The molecule has 0 radical (unpaired) electrons. The van der Waals surface area contributed by atoms with E-state index < -0.39 is 40.2 Å². The zero-order valence-electron chi connectivity index (χ0n) is 17.9. The Morgan fingerprint density at radius 3 is 2.67 bits per heavy atom. The van der Waals surface area contributed by atoms with Gasteiger partial charge in [-0.05, 0) is 24.1 Å². The van der Waals surface area contributed by atoms with E-state index in [1.54, 1.807) is 23.1 Å². The third-order valence-corrected chi connectivity index (χ3v) is 7.01. The standard InChI is InChI=1S/C23H22Cl2FN3O4/c1-12(2)11-28-18(8-9-30)21(29(32)33)19(14-4-3-5-16(25)20(14)26)23(28)15-7-6-13(24)10-17(15)27-22(23)31/h3-7,9-10,12,18-19,21H,8,11H2,1-2H3,(H,27,31)/t18-,19-,21+,23+/m0/s1. The van der Waals surface area contributed by atoms with E-state index in [2.05, 4.69) is 5.32 Å². The van der Waals surface area contributed by atoms with Crippen LogP contribution in [0.2, 0.25) is 10.0 Å². The largest absolute Gasteiger partial charge is 0.324 e. The van der Waals surface area contributed by atoms with E-state index in [0.29, 0.717) is 22.6 Å². The quantitative estimate of drug-likeness (QED) is 0.359. The van der Waals surface area contributed by atoms with Gasteiger partial charge in [0, 0.05) is 39.7 Å². The van der Waals surface area contributed by atoms with Gasteiger partial charge in [-0.2, -0.15) is 0 Å². The van der Waals surface area contributed by atoms with Gasteiger partial charge < -0.3 is 10.1 Å². The van der Waals surface area contributed by atoms with Crippen molar-refractivity contribution in [3.05, 3.63) is 73.5 Å². The topological polar surface area (TPSA) is 92.6 Å². The maximum Gasteiger partial charge on any atom is 0.250 e. The van der Waals surface area contributed by atoms with Gasteiger partial charge in [-0.25, -0.2) is 4.39 Å². The molecule has 1 N–H and O–H groups in total. The SMILES string of the molecule is CC(C)CN1[C@@H](CC=O)[C@@H]([N+](=O)[O-])[C@H](c2cccc(Cl)c2F)[C@]12C(=O)Nc1cc(Cl)ccc12. The Kier molecular flexibility index (Phi) is 6.20. The normalized spacial score (nSPS) is 26.6. The number of carbonyl (C=O) groups is 2. The number of benzene rings is 2. The van der Waals surface area contributed by atoms with Crippen molar-refractivity contribution in [1.29, 1.82) is 0 Å². The van der Waals surface area contributed by atoms with E-state index in [0.717, 1.165) is 0 Å². The Bertz CT molecular complexity index is 1140. The molecule has 2 aliphatic heterocycles. The zero-order chi connectivity index (χ0) is 24.1. The molecule has 0 saturated carbocycles. The first-order valence-corrected chi connectivity index (χ1v) is 11.3. The van der Waals surface area contributed by atoms with Crippen LogP contribution in [0.3, 0.4) is 0 Å². The summed E-state index contributed by atoms with van der Waals surface area (Å²) in [6, 6.07) is 6.69. The summed E-state index contributed by atoms with van der Waals surface area (Å²) in [5.41, 5.74) is -0.796. The smallest absolute Gasteiger partial charge is 0.250 e. The van der Waals surface area contributed by atoms with Crippen LogP contribution in [0, 0.1) is 21.8 Å². The fourth-order valence-corrected chi connectivity index (χ4v) is 5.80. The summed E-state index contributed by atoms with van der Waals surface area (Å²) in [5.74, 6) is -2.58. The van der Waals surface area contributed by atoms with Crippen molar-refractivity contribution in [3.8, 4) is 0 Å². The van der Waals surface area contributed by atoms with Gasteiger partial charge in [0.05, 0.1) is 17.0 Å². The number of anilines is 1. The van der Waals surface area contributed by atoms with Gasteiger partial charge >= 0.3 is 0 Å². The molecule has 33 heavy (non-hydrogen) atoms. The number of halogens is 3. The lowest BCUT2D eigenvalue weighted by Gasteiger charge is -2.39. The summed E-state index contributed by atoms with van der Waals surface area (Å²) < 4.78 is 15.4. The van der Waals surface area contributed by atoms with E-state index >= 15 is 4.39 Å². The molecule has 2 aliphatic rings. The van der Waals surface area contributed by atoms with Crippen molar-refractivity contribution in [1.82, 2.24) is 4.90 Å². The molecule has 0 aromatic heterocycles. The molecule has 2 aromatic carbocycles. The van der Waals surface area contributed by atoms with E-state index in [1.807, 2.05) is 13.8 Å². The van der Waals surface area contributed by atoms with Crippen LogP contribution in [0.5, 0.6) is 0 Å². The average molecular weight is 494 g/mol. The molecule has 7 nitrogen and oxygen atoms in total. The third kappa shape index (κ3) is 3.52. The van der Waals surface area contributed by atoms with Gasteiger partial charge in [-0.15, -0.1) is 0 Å².